The average Bonchev–Trinajstić information content (AvgIpc) is 2.50. The van der Waals surface area contributed by atoms with Gasteiger partial charge >= 0.3 is 0 Å². The van der Waals surface area contributed by atoms with Crippen LogP contribution in [0.2, 0.25) is 0 Å². The van der Waals surface area contributed by atoms with Gasteiger partial charge in [-0.3, -0.25) is 9.89 Å². The third kappa shape index (κ3) is 4.35. The fourth-order valence-corrected chi connectivity index (χ4v) is 3.48. The van der Waals surface area contributed by atoms with Crippen LogP contribution in [0.3, 0.4) is 0 Å². The van der Waals surface area contributed by atoms with Gasteiger partial charge in [-0.15, -0.1) is 0 Å². The van der Waals surface area contributed by atoms with E-state index in [1.165, 1.54) is 38.6 Å². The van der Waals surface area contributed by atoms with E-state index in [2.05, 4.69) is 20.5 Å². The summed E-state index contributed by atoms with van der Waals surface area (Å²) < 4.78 is 5.47. The first-order chi connectivity index (χ1) is 9.78. The molecule has 1 saturated carbocycles. The van der Waals surface area contributed by atoms with Crippen LogP contribution in [0.25, 0.3) is 0 Å². The zero-order chi connectivity index (χ0) is 14.3. The average molecular weight is 282 g/mol. The van der Waals surface area contributed by atoms with Crippen LogP contribution in [0.5, 0.6) is 0 Å². The standard InChI is InChI=1S/C15H30N4O/c1-16-14(17-2)18-12-15(6-4-3-5-7-15)13-19-8-10-20-11-9-19/h3-13H2,1-2H3,(H2,16,17,18). The summed E-state index contributed by atoms with van der Waals surface area (Å²) in [7, 11) is 3.75. The maximum Gasteiger partial charge on any atom is 0.190 e. The van der Waals surface area contributed by atoms with Crippen LogP contribution in [-0.2, 0) is 4.74 Å². The molecule has 0 aromatic carbocycles. The Bertz CT molecular complexity index is 307. The van der Waals surface area contributed by atoms with Crippen LogP contribution in [-0.4, -0.2) is 64.3 Å². The molecule has 0 bridgehead atoms. The Labute approximate surface area is 123 Å². The van der Waals surface area contributed by atoms with E-state index in [4.69, 9.17) is 4.74 Å². The summed E-state index contributed by atoms with van der Waals surface area (Å²) in [5, 5.41) is 6.62. The van der Waals surface area contributed by atoms with Crippen molar-refractivity contribution in [2.75, 3.05) is 53.5 Å². The van der Waals surface area contributed by atoms with Crippen LogP contribution < -0.4 is 10.6 Å². The van der Waals surface area contributed by atoms with Gasteiger partial charge in [0.2, 0.25) is 0 Å². The van der Waals surface area contributed by atoms with E-state index >= 15 is 0 Å². The Balaban J connectivity index is 1.93. The number of guanidine groups is 1. The number of nitrogens with one attached hydrogen (secondary N) is 2. The van der Waals surface area contributed by atoms with Crippen molar-refractivity contribution < 1.29 is 4.74 Å². The van der Waals surface area contributed by atoms with Crippen molar-refractivity contribution in [3.63, 3.8) is 0 Å². The first kappa shape index (κ1) is 15.6. The van der Waals surface area contributed by atoms with Crippen LogP contribution in [0, 0.1) is 5.41 Å². The summed E-state index contributed by atoms with van der Waals surface area (Å²) in [4.78, 5) is 6.81. The molecule has 5 heteroatoms. The fourth-order valence-electron chi connectivity index (χ4n) is 3.48. The summed E-state index contributed by atoms with van der Waals surface area (Å²) in [6.07, 6.45) is 6.79. The summed E-state index contributed by atoms with van der Waals surface area (Å²) in [6.45, 7) is 6.18. The number of rotatable bonds is 4. The summed E-state index contributed by atoms with van der Waals surface area (Å²) in [6, 6.07) is 0. The molecule has 1 aliphatic carbocycles. The van der Waals surface area contributed by atoms with Gasteiger partial charge in [0.25, 0.3) is 0 Å². The number of hydrogen-bond acceptors (Lipinski definition) is 3. The lowest BCUT2D eigenvalue weighted by Crippen LogP contribution is -2.50. The molecule has 0 unspecified atom stereocenters. The minimum atomic E-state index is 0.405. The zero-order valence-corrected chi connectivity index (χ0v) is 13.1. The molecule has 2 N–H and O–H groups in total. The highest BCUT2D eigenvalue weighted by Crippen LogP contribution is 2.36. The molecule has 2 aliphatic rings. The van der Waals surface area contributed by atoms with Gasteiger partial charge in [-0.1, -0.05) is 19.3 Å². The largest absolute Gasteiger partial charge is 0.379 e. The second-order valence-electron chi connectivity index (χ2n) is 6.12. The van der Waals surface area contributed by atoms with Crippen molar-refractivity contribution in [1.29, 1.82) is 0 Å². The van der Waals surface area contributed by atoms with Gasteiger partial charge < -0.3 is 15.4 Å². The molecule has 1 aliphatic heterocycles. The third-order valence-corrected chi connectivity index (χ3v) is 4.67. The van der Waals surface area contributed by atoms with Crippen molar-refractivity contribution >= 4 is 5.96 Å². The van der Waals surface area contributed by atoms with E-state index in [0.717, 1.165) is 38.8 Å². The van der Waals surface area contributed by atoms with E-state index in [1.807, 2.05) is 14.1 Å². The van der Waals surface area contributed by atoms with Gasteiger partial charge in [0, 0.05) is 45.7 Å². The van der Waals surface area contributed by atoms with Crippen molar-refractivity contribution in [2.45, 2.75) is 32.1 Å². The lowest BCUT2D eigenvalue weighted by atomic mass is 9.73. The third-order valence-electron chi connectivity index (χ3n) is 4.67. The monoisotopic (exact) mass is 282 g/mol. The minimum Gasteiger partial charge on any atom is -0.379 e. The molecular formula is C15H30N4O. The Morgan fingerprint density at radius 1 is 1.20 bits per heavy atom. The molecule has 0 aromatic rings. The maximum absolute atomic E-state index is 5.47. The quantitative estimate of drug-likeness (QED) is 0.598. The van der Waals surface area contributed by atoms with Crippen molar-refractivity contribution in [2.24, 2.45) is 10.4 Å². The minimum absolute atomic E-state index is 0.405. The van der Waals surface area contributed by atoms with Gasteiger partial charge in [-0.25, -0.2) is 0 Å². The van der Waals surface area contributed by atoms with Gasteiger partial charge in [-0.2, -0.15) is 0 Å². The number of hydrogen-bond donors (Lipinski definition) is 2. The molecule has 0 radical (unpaired) electrons. The molecule has 116 valence electrons. The Hall–Kier alpha value is -0.810. The second kappa shape index (κ2) is 7.84. The van der Waals surface area contributed by atoms with Crippen LogP contribution in [0.15, 0.2) is 4.99 Å². The molecule has 2 rings (SSSR count). The number of morpholine rings is 1. The normalized spacial score (nSPS) is 24.4. The zero-order valence-electron chi connectivity index (χ0n) is 13.1. The smallest absolute Gasteiger partial charge is 0.190 e. The predicted molar refractivity (Wildman–Crippen MR) is 83.2 cm³/mol. The maximum atomic E-state index is 5.47. The molecule has 20 heavy (non-hydrogen) atoms. The van der Waals surface area contributed by atoms with E-state index in [9.17, 15) is 0 Å². The van der Waals surface area contributed by atoms with Gasteiger partial charge in [0.1, 0.15) is 0 Å². The highest BCUT2D eigenvalue weighted by atomic mass is 16.5. The lowest BCUT2D eigenvalue weighted by molar-refractivity contribution is 0.00821. The van der Waals surface area contributed by atoms with Gasteiger partial charge in [-0.05, 0) is 12.8 Å². The van der Waals surface area contributed by atoms with Crippen LogP contribution >= 0.6 is 0 Å². The SMILES string of the molecule is CN=C(NC)NCC1(CN2CCOCC2)CCCCC1. The molecule has 1 saturated heterocycles. The molecule has 2 fully saturated rings. The van der Waals surface area contributed by atoms with E-state index in [-0.39, 0.29) is 0 Å². The highest BCUT2D eigenvalue weighted by Gasteiger charge is 2.34. The molecule has 5 nitrogen and oxygen atoms in total. The molecule has 0 aromatic heterocycles. The van der Waals surface area contributed by atoms with Crippen molar-refractivity contribution in [1.82, 2.24) is 15.5 Å². The van der Waals surface area contributed by atoms with Crippen LogP contribution in [0.1, 0.15) is 32.1 Å². The molecular weight excluding hydrogens is 252 g/mol. The molecule has 1 heterocycles. The summed E-state index contributed by atoms with van der Waals surface area (Å²) >= 11 is 0. The first-order valence-electron chi connectivity index (χ1n) is 7.96. The highest BCUT2D eigenvalue weighted by molar-refractivity contribution is 5.79. The Morgan fingerprint density at radius 3 is 2.50 bits per heavy atom. The number of aliphatic imine (C=N–C) groups is 1. The topological polar surface area (TPSA) is 48.9 Å². The van der Waals surface area contributed by atoms with Gasteiger partial charge in [0.15, 0.2) is 5.96 Å². The number of nitrogens with zero attached hydrogens (tertiary/aromatic N) is 2. The Morgan fingerprint density at radius 2 is 1.90 bits per heavy atom. The van der Waals surface area contributed by atoms with E-state index in [1.54, 1.807) is 0 Å². The summed E-state index contributed by atoms with van der Waals surface area (Å²) in [5.74, 6) is 0.900. The van der Waals surface area contributed by atoms with Gasteiger partial charge in [0.05, 0.1) is 13.2 Å². The molecule has 0 amide bonds. The molecule has 0 spiro atoms. The Kier molecular flexibility index (Phi) is 6.10. The molecule has 0 atom stereocenters. The fraction of sp³-hybridized carbons (Fsp3) is 0.933. The van der Waals surface area contributed by atoms with E-state index in [0.29, 0.717) is 5.41 Å². The van der Waals surface area contributed by atoms with E-state index < -0.39 is 0 Å². The number of ether oxygens (including phenoxy) is 1. The van der Waals surface area contributed by atoms with Crippen molar-refractivity contribution in [3.05, 3.63) is 0 Å². The summed E-state index contributed by atoms with van der Waals surface area (Å²) in [5.41, 5.74) is 0.405. The van der Waals surface area contributed by atoms with Crippen LogP contribution in [0.4, 0.5) is 0 Å². The lowest BCUT2D eigenvalue weighted by Gasteiger charge is -2.42. The first-order valence-corrected chi connectivity index (χ1v) is 7.96. The van der Waals surface area contributed by atoms with Crippen molar-refractivity contribution in [3.8, 4) is 0 Å². The second-order valence-corrected chi connectivity index (χ2v) is 6.12. The predicted octanol–water partition coefficient (Wildman–Crippen LogP) is 1.06.